The highest BCUT2D eigenvalue weighted by molar-refractivity contribution is 7.25. The predicted molar refractivity (Wildman–Crippen MR) is 95.7 cm³/mol. The molecule has 0 unspecified atom stereocenters. The van der Waals surface area contributed by atoms with E-state index in [1.54, 1.807) is 17.7 Å². The number of pyridine rings is 1. The van der Waals surface area contributed by atoms with E-state index in [1.165, 1.54) is 0 Å². The second-order valence-corrected chi connectivity index (χ2v) is 7.83. The molecule has 0 atom stereocenters. The van der Waals surface area contributed by atoms with Gasteiger partial charge in [-0.2, -0.15) is 0 Å². The van der Waals surface area contributed by atoms with Crippen LogP contribution in [0, 0.1) is 0 Å². The van der Waals surface area contributed by atoms with Crippen LogP contribution in [0.5, 0.6) is 5.88 Å². The Labute approximate surface area is 145 Å². The summed E-state index contributed by atoms with van der Waals surface area (Å²) in [6.45, 7) is 7.66. The molecule has 0 fully saturated rings. The van der Waals surface area contributed by atoms with Crippen molar-refractivity contribution in [1.82, 2.24) is 15.0 Å². The van der Waals surface area contributed by atoms with Crippen LogP contribution in [0.15, 0.2) is 12.4 Å². The topological polar surface area (TPSA) is 57.1 Å². The summed E-state index contributed by atoms with van der Waals surface area (Å²) in [5.41, 5.74) is 3.07. The van der Waals surface area contributed by atoms with Crippen LogP contribution in [-0.2, 0) is 17.8 Å². The van der Waals surface area contributed by atoms with Gasteiger partial charge in [0.15, 0.2) is 0 Å². The first-order valence-electron chi connectivity index (χ1n) is 8.40. The van der Waals surface area contributed by atoms with Gasteiger partial charge in [0.2, 0.25) is 5.88 Å². The summed E-state index contributed by atoms with van der Waals surface area (Å²) in [6, 6.07) is 2.18. The zero-order valence-electron chi connectivity index (χ0n) is 14.3. The Kier molecular flexibility index (Phi) is 3.89. The number of fused-ring (bicyclic) bond motifs is 4. The molecule has 0 spiro atoms. The van der Waals surface area contributed by atoms with Crippen molar-refractivity contribution in [2.45, 2.75) is 52.2 Å². The summed E-state index contributed by atoms with van der Waals surface area (Å²) in [5, 5.41) is 1.07. The Morgan fingerprint density at radius 1 is 1.33 bits per heavy atom. The van der Waals surface area contributed by atoms with E-state index in [4.69, 9.17) is 14.5 Å². The summed E-state index contributed by atoms with van der Waals surface area (Å²) < 4.78 is 12.8. The Morgan fingerprint density at radius 3 is 3.04 bits per heavy atom. The van der Waals surface area contributed by atoms with Crippen molar-refractivity contribution >= 4 is 31.8 Å². The number of rotatable bonds is 4. The minimum atomic E-state index is -0.154. The van der Waals surface area contributed by atoms with Gasteiger partial charge in [0.05, 0.1) is 30.0 Å². The normalized spacial score (nSPS) is 16.5. The Morgan fingerprint density at radius 2 is 2.21 bits per heavy atom. The van der Waals surface area contributed by atoms with Crippen molar-refractivity contribution in [3.8, 4) is 5.88 Å². The SMILES string of the molecule is CCCCOc1ncnc2c1sc1nc3c(cc12)COC(C)(C)C3. The molecular weight excluding hydrogens is 322 g/mol. The third-order valence-electron chi connectivity index (χ3n) is 4.33. The van der Waals surface area contributed by atoms with E-state index in [0.29, 0.717) is 19.1 Å². The minimum Gasteiger partial charge on any atom is -0.477 e. The highest BCUT2D eigenvalue weighted by Crippen LogP contribution is 2.38. The molecule has 24 heavy (non-hydrogen) atoms. The summed E-state index contributed by atoms with van der Waals surface area (Å²) in [4.78, 5) is 14.7. The maximum absolute atomic E-state index is 5.92. The molecule has 0 radical (unpaired) electrons. The first kappa shape index (κ1) is 15.7. The number of ether oxygens (including phenoxy) is 2. The van der Waals surface area contributed by atoms with Gasteiger partial charge >= 0.3 is 0 Å². The van der Waals surface area contributed by atoms with Crippen molar-refractivity contribution in [3.05, 3.63) is 23.7 Å². The van der Waals surface area contributed by atoms with Crippen molar-refractivity contribution in [3.63, 3.8) is 0 Å². The van der Waals surface area contributed by atoms with E-state index < -0.39 is 0 Å². The molecule has 5 nitrogen and oxygen atoms in total. The highest BCUT2D eigenvalue weighted by Gasteiger charge is 2.28. The highest BCUT2D eigenvalue weighted by atomic mass is 32.1. The lowest BCUT2D eigenvalue weighted by molar-refractivity contribution is -0.0411. The van der Waals surface area contributed by atoms with Crippen molar-refractivity contribution < 1.29 is 9.47 Å². The molecule has 0 N–H and O–H groups in total. The van der Waals surface area contributed by atoms with Crippen molar-refractivity contribution in [1.29, 1.82) is 0 Å². The van der Waals surface area contributed by atoms with Gasteiger partial charge in [0.1, 0.15) is 15.9 Å². The van der Waals surface area contributed by atoms with Crippen molar-refractivity contribution in [2.75, 3.05) is 6.61 Å². The smallest absolute Gasteiger partial charge is 0.234 e. The average Bonchev–Trinajstić information content (AvgIpc) is 2.90. The number of thiophene rings is 1. The van der Waals surface area contributed by atoms with Gasteiger partial charge in [-0.15, -0.1) is 11.3 Å². The summed E-state index contributed by atoms with van der Waals surface area (Å²) in [5.74, 6) is 0.672. The lowest BCUT2D eigenvalue weighted by atomic mass is 9.95. The summed E-state index contributed by atoms with van der Waals surface area (Å²) in [6.07, 6.45) is 4.53. The molecule has 0 aromatic carbocycles. The number of aromatic nitrogens is 3. The first-order chi connectivity index (χ1) is 11.6. The minimum absolute atomic E-state index is 0.154. The van der Waals surface area contributed by atoms with E-state index >= 15 is 0 Å². The van der Waals surface area contributed by atoms with Crippen LogP contribution >= 0.6 is 11.3 Å². The predicted octanol–water partition coefficient (Wildman–Crippen LogP) is 4.27. The molecule has 0 bridgehead atoms. The third-order valence-corrected chi connectivity index (χ3v) is 5.41. The molecule has 0 saturated heterocycles. The largest absolute Gasteiger partial charge is 0.477 e. The van der Waals surface area contributed by atoms with Crippen LogP contribution in [0.3, 0.4) is 0 Å². The van der Waals surface area contributed by atoms with Crippen LogP contribution in [0.1, 0.15) is 44.9 Å². The Balaban J connectivity index is 1.81. The van der Waals surface area contributed by atoms with Crippen LogP contribution in [0.4, 0.5) is 0 Å². The lowest BCUT2D eigenvalue weighted by Crippen LogP contribution is -2.32. The molecule has 126 valence electrons. The van der Waals surface area contributed by atoms with E-state index in [0.717, 1.165) is 51.0 Å². The van der Waals surface area contributed by atoms with Gasteiger partial charge in [-0.1, -0.05) is 13.3 Å². The second kappa shape index (κ2) is 5.93. The molecule has 4 rings (SSSR count). The van der Waals surface area contributed by atoms with Gasteiger partial charge < -0.3 is 9.47 Å². The molecule has 0 saturated carbocycles. The summed E-state index contributed by atoms with van der Waals surface area (Å²) in [7, 11) is 0. The molecule has 1 aliphatic rings. The number of hydrogen-bond acceptors (Lipinski definition) is 6. The molecule has 1 aliphatic heterocycles. The Bertz CT molecular complexity index is 904. The first-order valence-corrected chi connectivity index (χ1v) is 9.22. The van der Waals surface area contributed by atoms with Gasteiger partial charge in [-0.3, -0.25) is 0 Å². The monoisotopic (exact) mass is 343 g/mol. The van der Waals surface area contributed by atoms with E-state index in [1.807, 2.05) is 0 Å². The lowest BCUT2D eigenvalue weighted by Gasteiger charge is -2.30. The number of hydrogen-bond donors (Lipinski definition) is 0. The van der Waals surface area contributed by atoms with Crippen LogP contribution in [-0.4, -0.2) is 27.2 Å². The molecule has 0 aliphatic carbocycles. The molecular formula is C18H21N3O2S. The third kappa shape index (κ3) is 2.74. The zero-order valence-corrected chi connectivity index (χ0v) is 15.1. The summed E-state index contributed by atoms with van der Waals surface area (Å²) >= 11 is 1.62. The van der Waals surface area contributed by atoms with Gasteiger partial charge in [-0.05, 0) is 26.3 Å². The fraction of sp³-hybridized carbons (Fsp3) is 0.500. The maximum Gasteiger partial charge on any atom is 0.234 e. The quantitative estimate of drug-likeness (QED) is 0.662. The molecule has 3 aromatic rings. The standard InChI is InChI=1S/C18H21N3O2S/c1-4-5-6-22-16-15-14(19-10-20-16)12-7-11-9-23-18(2,3)8-13(11)21-17(12)24-15/h7,10H,4-6,8-9H2,1-3H3. The Hall–Kier alpha value is -1.79. The van der Waals surface area contributed by atoms with Gasteiger partial charge in [0, 0.05) is 17.4 Å². The molecule has 6 heteroatoms. The van der Waals surface area contributed by atoms with Gasteiger partial charge in [-0.25, -0.2) is 15.0 Å². The van der Waals surface area contributed by atoms with Gasteiger partial charge in [0.25, 0.3) is 0 Å². The van der Waals surface area contributed by atoms with E-state index in [-0.39, 0.29) is 5.60 Å². The van der Waals surface area contributed by atoms with E-state index in [9.17, 15) is 0 Å². The van der Waals surface area contributed by atoms with Crippen LogP contribution in [0.25, 0.3) is 20.4 Å². The molecule has 3 aromatic heterocycles. The van der Waals surface area contributed by atoms with Crippen LogP contribution < -0.4 is 4.74 Å². The number of nitrogens with zero attached hydrogens (tertiary/aromatic N) is 3. The average molecular weight is 343 g/mol. The zero-order chi connectivity index (χ0) is 16.7. The molecule has 4 heterocycles. The van der Waals surface area contributed by atoms with Crippen LogP contribution in [0.2, 0.25) is 0 Å². The maximum atomic E-state index is 5.92. The fourth-order valence-electron chi connectivity index (χ4n) is 2.98. The number of unbranched alkanes of at least 4 members (excludes halogenated alkanes) is 1. The fourth-order valence-corrected chi connectivity index (χ4v) is 4.05. The second-order valence-electron chi connectivity index (χ2n) is 6.83. The molecule has 0 amide bonds. The van der Waals surface area contributed by atoms with E-state index in [2.05, 4.69) is 36.8 Å². The van der Waals surface area contributed by atoms with Crippen molar-refractivity contribution in [2.24, 2.45) is 0 Å².